The fourth-order valence-electron chi connectivity index (χ4n) is 2.37. The van der Waals surface area contributed by atoms with Crippen molar-refractivity contribution >= 4 is 28.8 Å². The number of aromatic nitrogens is 1. The van der Waals surface area contributed by atoms with Crippen LogP contribution in [0.3, 0.4) is 0 Å². The van der Waals surface area contributed by atoms with Gasteiger partial charge in [0.25, 0.3) is 5.91 Å². The van der Waals surface area contributed by atoms with Crippen molar-refractivity contribution < 1.29 is 9.53 Å². The Labute approximate surface area is 132 Å². The van der Waals surface area contributed by atoms with Crippen LogP contribution >= 0.6 is 22.9 Å². The molecule has 6 heteroatoms. The van der Waals surface area contributed by atoms with Gasteiger partial charge in [0.2, 0.25) is 0 Å². The van der Waals surface area contributed by atoms with Crippen LogP contribution in [-0.2, 0) is 0 Å². The maximum atomic E-state index is 12.3. The first kappa shape index (κ1) is 14.4. The van der Waals surface area contributed by atoms with Gasteiger partial charge >= 0.3 is 0 Å². The summed E-state index contributed by atoms with van der Waals surface area (Å²) in [6.45, 7) is 1.66. The van der Waals surface area contributed by atoms with Gasteiger partial charge < -0.3 is 9.64 Å². The van der Waals surface area contributed by atoms with E-state index in [0.29, 0.717) is 16.5 Å². The standard InChI is InChI=1S/C15H15ClN2O2S/c1-20-10-4-5-11(12(16)8-10)14-17-13(9-21-14)15(19)18-6-2-3-7-18/h4-5,8-9H,2-3,6-7H2,1H3. The van der Waals surface area contributed by atoms with Crippen LogP contribution in [0.5, 0.6) is 5.75 Å². The first-order valence-electron chi connectivity index (χ1n) is 6.78. The van der Waals surface area contributed by atoms with Crippen molar-refractivity contribution in [2.75, 3.05) is 20.2 Å². The molecule has 1 fully saturated rings. The fourth-order valence-corrected chi connectivity index (χ4v) is 3.52. The molecule has 1 saturated heterocycles. The molecule has 3 rings (SSSR count). The average Bonchev–Trinajstić information content (AvgIpc) is 3.18. The molecule has 0 bridgehead atoms. The summed E-state index contributed by atoms with van der Waals surface area (Å²) in [6, 6.07) is 5.45. The van der Waals surface area contributed by atoms with Crippen LogP contribution in [0.4, 0.5) is 0 Å². The van der Waals surface area contributed by atoms with E-state index in [0.717, 1.165) is 36.5 Å². The molecule has 1 aromatic heterocycles. The molecule has 0 unspecified atom stereocenters. The van der Waals surface area contributed by atoms with Gasteiger partial charge in [0.15, 0.2) is 0 Å². The number of nitrogens with zero attached hydrogens (tertiary/aromatic N) is 2. The van der Waals surface area contributed by atoms with Gasteiger partial charge in [-0.05, 0) is 31.0 Å². The Balaban J connectivity index is 1.86. The quantitative estimate of drug-likeness (QED) is 0.865. The Morgan fingerprint density at radius 1 is 1.38 bits per heavy atom. The van der Waals surface area contributed by atoms with Gasteiger partial charge in [0.1, 0.15) is 16.5 Å². The first-order valence-corrected chi connectivity index (χ1v) is 8.03. The molecule has 4 nitrogen and oxygen atoms in total. The molecule has 2 aromatic rings. The van der Waals surface area contributed by atoms with E-state index in [1.165, 1.54) is 11.3 Å². The molecule has 1 aliphatic heterocycles. The van der Waals surface area contributed by atoms with E-state index in [1.807, 2.05) is 17.0 Å². The highest BCUT2D eigenvalue weighted by atomic mass is 35.5. The summed E-state index contributed by atoms with van der Waals surface area (Å²) in [5.41, 5.74) is 1.33. The van der Waals surface area contributed by atoms with E-state index in [4.69, 9.17) is 16.3 Å². The number of benzene rings is 1. The predicted molar refractivity (Wildman–Crippen MR) is 84.2 cm³/mol. The van der Waals surface area contributed by atoms with Gasteiger partial charge in [-0.25, -0.2) is 4.98 Å². The summed E-state index contributed by atoms with van der Waals surface area (Å²) in [4.78, 5) is 18.6. The second-order valence-electron chi connectivity index (χ2n) is 4.88. The molecule has 0 saturated carbocycles. The second-order valence-corrected chi connectivity index (χ2v) is 6.15. The summed E-state index contributed by atoms with van der Waals surface area (Å²) in [6.07, 6.45) is 2.15. The van der Waals surface area contributed by atoms with E-state index in [2.05, 4.69) is 4.98 Å². The molecular weight excluding hydrogens is 308 g/mol. The second kappa shape index (κ2) is 6.03. The summed E-state index contributed by atoms with van der Waals surface area (Å²) in [7, 11) is 1.60. The number of thiazole rings is 1. The van der Waals surface area contributed by atoms with Crippen LogP contribution in [0, 0.1) is 0 Å². The molecule has 0 radical (unpaired) electrons. The average molecular weight is 323 g/mol. The number of amides is 1. The predicted octanol–water partition coefficient (Wildman–Crippen LogP) is 3.71. The number of hydrogen-bond acceptors (Lipinski definition) is 4. The van der Waals surface area contributed by atoms with Crippen molar-refractivity contribution in [3.05, 3.63) is 34.3 Å². The third kappa shape index (κ3) is 2.89. The third-order valence-corrected chi connectivity index (χ3v) is 4.71. The van der Waals surface area contributed by atoms with Crippen molar-refractivity contribution in [3.63, 3.8) is 0 Å². The minimum Gasteiger partial charge on any atom is -0.497 e. The number of hydrogen-bond donors (Lipinski definition) is 0. The molecule has 0 atom stereocenters. The SMILES string of the molecule is COc1ccc(-c2nc(C(=O)N3CCCC3)cs2)c(Cl)c1. The number of methoxy groups -OCH3 is 1. The Morgan fingerprint density at radius 3 is 2.81 bits per heavy atom. The maximum absolute atomic E-state index is 12.3. The zero-order valence-electron chi connectivity index (χ0n) is 11.6. The molecule has 0 spiro atoms. The summed E-state index contributed by atoms with van der Waals surface area (Å²) >= 11 is 7.68. The van der Waals surface area contributed by atoms with Crippen molar-refractivity contribution in [1.82, 2.24) is 9.88 Å². The number of halogens is 1. The smallest absolute Gasteiger partial charge is 0.273 e. The monoisotopic (exact) mass is 322 g/mol. The van der Waals surface area contributed by atoms with Gasteiger partial charge in [-0.1, -0.05) is 11.6 Å². The summed E-state index contributed by atoms with van der Waals surface area (Å²) in [5, 5.41) is 3.13. The van der Waals surface area contributed by atoms with Crippen LogP contribution in [0.25, 0.3) is 10.6 Å². The number of carbonyl (C=O) groups excluding carboxylic acids is 1. The maximum Gasteiger partial charge on any atom is 0.273 e. The van der Waals surface area contributed by atoms with Crippen LogP contribution in [0.1, 0.15) is 23.3 Å². The Morgan fingerprint density at radius 2 is 2.14 bits per heavy atom. The fraction of sp³-hybridized carbons (Fsp3) is 0.333. The molecule has 1 aliphatic rings. The summed E-state index contributed by atoms with van der Waals surface area (Å²) < 4.78 is 5.13. The number of carbonyl (C=O) groups is 1. The van der Waals surface area contributed by atoms with Crippen LogP contribution in [-0.4, -0.2) is 36.0 Å². The minimum absolute atomic E-state index is 0.0136. The molecule has 0 aliphatic carbocycles. The van der Waals surface area contributed by atoms with Crippen molar-refractivity contribution in [1.29, 1.82) is 0 Å². The topological polar surface area (TPSA) is 42.4 Å². The van der Waals surface area contributed by atoms with Crippen LogP contribution in [0.2, 0.25) is 5.02 Å². The highest BCUT2D eigenvalue weighted by Gasteiger charge is 2.22. The lowest BCUT2D eigenvalue weighted by molar-refractivity contribution is 0.0788. The molecule has 2 heterocycles. The Bertz CT molecular complexity index is 665. The Hall–Kier alpha value is -1.59. The first-order chi connectivity index (χ1) is 10.2. The lowest BCUT2D eigenvalue weighted by Crippen LogP contribution is -2.27. The molecule has 21 heavy (non-hydrogen) atoms. The minimum atomic E-state index is 0.0136. The normalized spacial score (nSPS) is 14.5. The largest absolute Gasteiger partial charge is 0.497 e. The van der Waals surface area contributed by atoms with Crippen LogP contribution in [0.15, 0.2) is 23.6 Å². The number of likely N-dealkylation sites (tertiary alicyclic amines) is 1. The number of rotatable bonds is 3. The van der Waals surface area contributed by atoms with Gasteiger partial charge in [-0.2, -0.15) is 0 Å². The highest BCUT2D eigenvalue weighted by molar-refractivity contribution is 7.13. The van der Waals surface area contributed by atoms with Gasteiger partial charge in [-0.3, -0.25) is 4.79 Å². The van der Waals surface area contributed by atoms with Crippen molar-refractivity contribution in [2.45, 2.75) is 12.8 Å². The van der Waals surface area contributed by atoms with Gasteiger partial charge in [0, 0.05) is 24.0 Å². The molecule has 110 valence electrons. The molecule has 1 aromatic carbocycles. The van der Waals surface area contributed by atoms with Gasteiger partial charge in [-0.15, -0.1) is 11.3 Å². The van der Waals surface area contributed by atoms with E-state index in [9.17, 15) is 4.79 Å². The lowest BCUT2D eigenvalue weighted by atomic mass is 10.2. The lowest BCUT2D eigenvalue weighted by Gasteiger charge is -2.12. The van der Waals surface area contributed by atoms with E-state index in [1.54, 1.807) is 18.6 Å². The molecule has 1 amide bonds. The Kier molecular flexibility index (Phi) is 4.12. The van der Waals surface area contributed by atoms with E-state index >= 15 is 0 Å². The van der Waals surface area contributed by atoms with Crippen molar-refractivity contribution in [3.8, 4) is 16.3 Å². The molecule has 0 N–H and O–H groups in total. The van der Waals surface area contributed by atoms with Crippen molar-refractivity contribution in [2.24, 2.45) is 0 Å². The highest BCUT2D eigenvalue weighted by Crippen LogP contribution is 2.33. The zero-order chi connectivity index (χ0) is 14.8. The molecular formula is C15H15ClN2O2S. The summed E-state index contributed by atoms with van der Waals surface area (Å²) in [5.74, 6) is 0.716. The third-order valence-electron chi connectivity index (χ3n) is 3.52. The van der Waals surface area contributed by atoms with Gasteiger partial charge in [0.05, 0.1) is 12.1 Å². The zero-order valence-corrected chi connectivity index (χ0v) is 13.2. The van der Waals surface area contributed by atoms with E-state index in [-0.39, 0.29) is 5.91 Å². The number of ether oxygens (including phenoxy) is 1. The van der Waals surface area contributed by atoms with Crippen LogP contribution < -0.4 is 4.74 Å². The van der Waals surface area contributed by atoms with E-state index < -0.39 is 0 Å².